The van der Waals surface area contributed by atoms with Crippen molar-refractivity contribution in [3.63, 3.8) is 0 Å². The molecule has 8 N–H and O–H groups in total. The Morgan fingerprint density at radius 1 is 1.23 bits per heavy atom. The number of phenols is 1. The van der Waals surface area contributed by atoms with Gasteiger partial charge in [-0.2, -0.15) is 0 Å². The second kappa shape index (κ2) is 6.54. The minimum absolute atomic E-state index is 0.143. The van der Waals surface area contributed by atoms with Crippen LogP contribution in [0.5, 0.6) is 5.75 Å². The number of aliphatic hydroxyl groups excluding tert-OH is 2. The number of rotatable bonds is 2. The van der Waals surface area contributed by atoms with Gasteiger partial charge in [0.15, 0.2) is 11.4 Å². The van der Waals surface area contributed by atoms with Gasteiger partial charge in [0, 0.05) is 11.5 Å². The van der Waals surface area contributed by atoms with Crippen LogP contribution in [-0.4, -0.2) is 55.6 Å². The number of primary amides is 1. The quantitative estimate of drug-likeness (QED) is 0.257. The number of nitrogens with two attached hydrogens (primary N) is 2. The number of Topliss-reactive ketones (excluding diaryl/α,β-unsaturated/α-hetero) is 2. The van der Waals surface area contributed by atoms with E-state index in [9.17, 15) is 39.7 Å². The number of hydrogen-bond acceptors (Lipinski definition) is 10. The minimum Gasteiger partial charge on any atom is -0.508 e. The number of nitrogens with zero attached hydrogens (tertiary/aromatic N) is 1. The highest BCUT2D eigenvalue weighted by molar-refractivity contribution is 6.25. The zero-order valence-electron chi connectivity index (χ0n) is 16.1. The fourth-order valence-electron chi connectivity index (χ4n) is 5.20. The Morgan fingerprint density at radius 3 is 2.45 bits per heavy atom. The fraction of sp³-hybridized carbons (Fsp3) is 0.350. The second-order valence-corrected chi connectivity index (χ2v) is 8.00. The van der Waals surface area contributed by atoms with Crippen molar-refractivity contribution in [1.82, 2.24) is 0 Å². The number of fused-ring (bicyclic) bond motifs is 3. The average molecular weight is 429 g/mol. The van der Waals surface area contributed by atoms with Crippen LogP contribution in [0.25, 0.3) is 0 Å². The number of phenolic OH excluding ortho intramolecular Hbond substituents is 1. The van der Waals surface area contributed by atoms with Crippen molar-refractivity contribution in [2.24, 2.45) is 28.5 Å². The van der Waals surface area contributed by atoms with Gasteiger partial charge in [-0.25, -0.2) is 0 Å². The van der Waals surface area contributed by atoms with Crippen molar-refractivity contribution in [3.8, 4) is 5.75 Å². The highest BCUT2D eigenvalue weighted by Gasteiger charge is 2.66. The van der Waals surface area contributed by atoms with Crippen LogP contribution in [0.1, 0.15) is 28.8 Å². The number of aromatic hydroxyl groups is 1. The third-order valence-corrected chi connectivity index (χ3v) is 6.62. The molecule has 0 aromatic heterocycles. The monoisotopic (exact) mass is 429 g/mol. The third-order valence-electron chi connectivity index (χ3n) is 6.62. The first-order valence-electron chi connectivity index (χ1n) is 9.38. The highest BCUT2D eigenvalue weighted by Crippen LogP contribution is 2.54. The molecule has 1 aromatic rings. The lowest BCUT2D eigenvalue weighted by Gasteiger charge is -2.51. The van der Waals surface area contributed by atoms with Gasteiger partial charge in [-0.3, -0.25) is 14.4 Å². The molecule has 0 fully saturated rings. The number of amides is 1. The molecule has 6 unspecified atom stereocenters. The van der Waals surface area contributed by atoms with Crippen LogP contribution in [-0.2, 0) is 9.59 Å². The van der Waals surface area contributed by atoms with Gasteiger partial charge in [-0.05, 0) is 22.7 Å². The van der Waals surface area contributed by atoms with Gasteiger partial charge in [0.1, 0.15) is 22.8 Å². The number of nitroso groups, excluding NO2 is 1. The lowest BCUT2D eigenvalue weighted by atomic mass is 9.55. The summed E-state index contributed by atoms with van der Waals surface area (Å²) in [6.45, 7) is 1.62. The van der Waals surface area contributed by atoms with Crippen molar-refractivity contribution in [3.05, 3.63) is 56.8 Å². The maximum absolute atomic E-state index is 13.2. The number of carbonyl (C=O) groups is 3. The second-order valence-electron chi connectivity index (χ2n) is 8.00. The predicted molar refractivity (Wildman–Crippen MR) is 103 cm³/mol. The average Bonchev–Trinajstić information content (AvgIpc) is 2.71. The summed E-state index contributed by atoms with van der Waals surface area (Å²) in [6.07, 6.45) is -1.70. The SMILES string of the molecule is CC1c2cccc(O)c2C(=O)C2=C(O)C3(O)C(=O)C(C(N)=O)=C(N=O)C(N)C3C(O)C21. The Hall–Kier alpha value is -3.41. The van der Waals surface area contributed by atoms with Crippen molar-refractivity contribution in [1.29, 1.82) is 0 Å². The van der Waals surface area contributed by atoms with E-state index in [4.69, 9.17) is 11.5 Å². The van der Waals surface area contributed by atoms with Crippen molar-refractivity contribution >= 4 is 17.5 Å². The van der Waals surface area contributed by atoms with E-state index < -0.39 is 75.6 Å². The molecule has 0 saturated heterocycles. The van der Waals surface area contributed by atoms with E-state index in [2.05, 4.69) is 5.18 Å². The Labute approximate surface area is 174 Å². The first kappa shape index (κ1) is 20.8. The molecule has 0 saturated carbocycles. The summed E-state index contributed by atoms with van der Waals surface area (Å²) in [6, 6.07) is 2.68. The maximum Gasteiger partial charge on any atom is 0.254 e. The van der Waals surface area contributed by atoms with E-state index in [0.717, 1.165) is 0 Å². The molecular weight excluding hydrogens is 410 g/mol. The summed E-state index contributed by atoms with van der Waals surface area (Å²) >= 11 is 0. The van der Waals surface area contributed by atoms with Crippen molar-refractivity contribution < 1.29 is 34.8 Å². The van der Waals surface area contributed by atoms with Crippen molar-refractivity contribution in [2.75, 3.05) is 0 Å². The van der Waals surface area contributed by atoms with Gasteiger partial charge in [0.05, 0.1) is 23.6 Å². The largest absolute Gasteiger partial charge is 0.508 e. The van der Waals surface area contributed by atoms with Crippen LogP contribution in [0.3, 0.4) is 0 Å². The number of carbonyl (C=O) groups excluding carboxylic acids is 3. The van der Waals surface area contributed by atoms with E-state index in [1.165, 1.54) is 12.1 Å². The molecule has 1 aromatic carbocycles. The van der Waals surface area contributed by atoms with E-state index >= 15 is 0 Å². The standard InChI is InChI=1S/C20H19N3O8/c1-5-6-3-2-4-7(24)9(6)15(25)10-8(5)16(26)12-13(21)14(23-31)11(19(22)29)18(28)20(12,30)17(10)27/h2-5,8,12-13,16,24,26-27,30H,21H2,1H3,(H2,22,29). The molecule has 0 bridgehead atoms. The van der Waals surface area contributed by atoms with Crippen LogP contribution in [0.2, 0.25) is 0 Å². The number of aliphatic hydroxyl groups is 3. The molecule has 162 valence electrons. The molecule has 3 aliphatic carbocycles. The van der Waals surface area contributed by atoms with E-state index in [0.29, 0.717) is 5.56 Å². The van der Waals surface area contributed by atoms with E-state index in [1.54, 1.807) is 13.0 Å². The van der Waals surface area contributed by atoms with Crippen molar-refractivity contribution in [2.45, 2.75) is 30.6 Å². The maximum atomic E-state index is 13.2. The summed E-state index contributed by atoms with van der Waals surface area (Å²) in [5.41, 5.74) is 6.15. The zero-order valence-corrected chi connectivity index (χ0v) is 16.1. The van der Waals surface area contributed by atoms with Crippen LogP contribution in [0, 0.1) is 16.7 Å². The highest BCUT2D eigenvalue weighted by atomic mass is 16.4. The van der Waals surface area contributed by atoms with Crippen LogP contribution < -0.4 is 11.5 Å². The first-order chi connectivity index (χ1) is 14.5. The molecule has 11 nitrogen and oxygen atoms in total. The van der Waals surface area contributed by atoms with Gasteiger partial charge in [-0.1, -0.05) is 19.1 Å². The first-order valence-corrected chi connectivity index (χ1v) is 9.38. The van der Waals surface area contributed by atoms with Gasteiger partial charge in [-0.15, -0.1) is 4.91 Å². The number of benzene rings is 1. The summed E-state index contributed by atoms with van der Waals surface area (Å²) in [7, 11) is 0. The van der Waals surface area contributed by atoms with Crippen LogP contribution in [0.15, 0.2) is 46.0 Å². The Kier molecular flexibility index (Phi) is 4.40. The molecule has 4 rings (SSSR count). The normalized spacial score (nSPS) is 34.8. The summed E-state index contributed by atoms with van der Waals surface area (Å²) < 4.78 is 0. The minimum atomic E-state index is -3.00. The lowest BCUT2D eigenvalue weighted by Crippen LogP contribution is -2.68. The fourth-order valence-corrected chi connectivity index (χ4v) is 5.20. The Bertz CT molecular complexity index is 1140. The predicted octanol–water partition coefficient (Wildman–Crippen LogP) is -0.742. The number of ketones is 2. The zero-order chi connectivity index (χ0) is 23.0. The van der Waals surface area contributed by atoms with Crippen LogP contribution in [0.4, 0.5) is 0 Å². The van der Waals surface area contributed by atoms with Crippen LogP contribution >= 0.6 is 0 Å². The number of hydrogen-bond donors (Lipinski definition) is 6. The molecule has 0 heterocycles. The van der Waals surface area contributed by atoms with E-state index in [1.807, 2.05) is 0 Å². The molecular formula is C20H19N3O8. The molecule has 0 spiro atoms. The Morgan fingerprint density at radius 2 is 1.87 bits per heavy atom. The molecule has 0 radical (unpaired) electrons. The summed E-state index contributed by atoms with van der Waals surface area (Å²) in [4.78, 5) is 49.4. The van der Waals surface area contributed by atoms with Gasteiger partial charge in [0.2, 0.25) is 5.78 Å². The van der Waals surface area contributed by atoms with Gasteiger partial charge in [0.25, 0.3) is 5.91 Å². The van der Waals surface area contributed by atoms with E-state index in [-0.39, 0.29) is 11.3 Å². The molecule has 31 heavy (non-hydrogen) atoms. The summed E-state index contributed by atoms with van der Waals surface area (Å²) in [5.74, 6) is -8.78. The molecule has 1 amide bonds. The topological polar surface area (TPSA) is 214 Å². The smallest absolute Gasteiger partial charge is 0.254 e. The summed E-state index contributed by atoms with van der Waals surface area (Å²) in [5, 5.41) is 46.2. The van der Waals surface area contributed by atoms with Gasteiger partial charge >= 0.3 is 0 Å². The molecule has 0 aliphatic heterocycles. The lowest BCUT2D eigenvalue weighted by molar-refractivity contribution is -0.155. The molecule has 6 atom stereocenters. The third kappa shape index (κ3) is 2.36. The molecule has 3 aliphatic rings. The molecule has 11 heteroatoms. The van der Waals surface area contributed by atoms with Gasteiger partial charge < -0.3 is 31.9 Å². The Balaban J connectivity index is 2.05.